The van der Waals surface area contributed by atoms with Crippen LogP contribution >= 0.6 is 0 Å². The number of guanidine groups is 1. The molecule has 0 radical (unpaired) electrons. The quantitative estimate of drug-likeness (QED) is 0.595. The van der Waals surface area contributed by atoms with Crippen LogP contribution in [0.25, 0.3) is 0 Å². The van der Waals surface area contributed by atoms with Crippen molar-refractivity contribution in [3.05, 3.63) is 29.8 Å². The van der Waals surface area contributed by atoms with E-state index >= 15 is 0 Å². The summed E-state index contributed by atoms with van der Waals surface area (Å²) in [5.74, 6) is 1.63. The Kier molecular flexibility index (Phi) is 7.68. The molecule has 6 nitrogen and oxygen atoms in total. The lowest BCUT2D eigenvalue weighted by Gasteiger charge is -2.33. The van der Waals surface area contributed by atoms with Gasteiger partial charge in [-0.1, -0.05) is 19.1 Å². The highest BCUT2D eigenvalue weighted by molar-refractivity contribution is 7.89. The second-order valence-electron chi connectivity index (χ2n) is 7.62. The first-order chi connectivity index (χ1) is 12.8. The first kappa shape index (κ1) is 21.7. The van der Waals surface area contributed by atoms with Crippen LogP contribution in [-0.2, 0) is 16.6 Å². The molecule has 27 heavy (non-hydrogen) atoms. The number of aliphatic imine (C=N–C) groups is 1. The van der Waals surface area contributed by atoms with Gasteiger partial charge in [-0.25, -0.2) is 13.4 Å². The summed E-state index contributed by atoms with van der Waals surface area (Å²) >= 11 is 0. The van der Waals surface area contributed by atoms with Crippen molar-refractivity contribution in [1.29, 1.82) is 0 Å². The molecule has 0 spiro atoms. The van der Waals surface area contributed by atoms with Crippen molar-refractivity contribution in [2.45, 2.75) is 58.0 Å². The zero-order valence-electron chi connectivity index (χ0n) is 17.3. The van der Waals surface area contributed by atoms with Crippen molar-refractivity contribution < 1.29 is 8.42 Å². The Morgan fingerprint density at radius 2 is 2.00 bits per heavy atom. The highest BCUT2D eigenvalue weighted by Crippen LogP contribution is 2.18. The van der Waals surface area contributed by atoms with E-state index in [4.69, 9.17) is 4.99 Å². The topological polar surface area (TPSA) is 65.0 Å². The van der Waals surface area contributed by atoms with Crippen molar-refractivity contribution in [2.75, 3.05) is 26.7 Å². The van der Waals surface area contributed by atoms with Crippen LogP contribution in [0.5, 0.6) is 0 Å². The predicted molar refractivity (Wildman–Crippen MR) is 111 cm³/mol. The average Bonchev–Trinajstić information content (AvgIpc) is 2.64. The van der Waals surface area contributed by atoms with Crippen LogP contribution in [0.1, 0.15) is 46.1 Å². The van der Waals surface area contributed by atoms with Gasteiger partial charge in [-0.05, 0) is 57.2 Å². The summed E-state index contributed by atoms with van der Waals surface area (Å²) in [7, 11) is -1.83. The van der Waals surface area contributed by atoms with Gasteiger partial charge in [0.1, 0.15) is 0 Å². The van der Waals surface area contributed by atoms with Gasteiger partial charge in [0.2, 0.25) is 10.0 Å². The number of piperidine rings is 1. The summed E-state index contributed by atoms with van der Waals surface area (Å²) in [6.45, 7) is 11.5. The molecule has 1 unspecified atom stereocenters. The summed E-state index contributed by atoms with van der Waals surface area (Å²) in [5.41, 5.74) is 1.00. The molecule has 1 N–H and O–H groups in total. The maximum Gasteiger partial charge on any atom is 0.243 e. The zero-order valence-corrected chi connectivity index (χ0v) is 18.1. The smallest absolute Gasteiger partial charge is 0.243 e. The fourth-order valence-corrected chi connectivity index (χ4v) is 4.55. The minimum absolute atomic E-state index is 0.0751. The third kappa shape index (κ3) is 5.69. The average molecular weight is 395 g/mol. The van der Waals surface area contributed by atoms with Crippen LogP contribution in [0.3, 0.4) is 0 Å². The molecule has 152 valence electrons. The fourth-order valence-electron chi connectivity index (χ4n) is 3.18. The van der Waals surface area contributed by atoms with Gasteiger partial charge in [-0.3, -0.25) is 0 Å². The molecular weight excluding hydrogens is 360 g/mol. The number of hydrogen-bond donors (Lipinski definition) is 1. The summed E-state index contributed by atoms with van der Waals surface area (Å²) in [5, 5.41) is 3.38. The Labute approximate surface area is 164 Å². The molecule has 2 rings (SSSR count). The maximum atomic E-state index is 12.6. The zero-order chi connectivity index (χ0) is 20.0. The van der Waals surface area contributed by atoms with Gasteiger partial charge >= 0.3 is 0 Å². The Morgan fingerprint density at radius 1 is 1.33 bits per heavy atom. The van der Waals surface area contributed by atoms with Crippen molar-refractivity contribution in [3.8, 4) is 0 Å². The lowest BCUT2D eigenvalue weighted by molar-refractivity contribution is 0.266. The van der Waals surface area contributed by atoms with Gasteiger partial charge in [0, 0.05) is 32.7 Å². The van der Waals surface area contributed by atoms with E-state index in [1.807, 2.05) is 26.0 Å². The van der Waals surface area contributed by atoms with Crippen LogP contribution in [0, 0.1) is 5.92 Å². The molecule has 0 aliphatic carbocycles. The molecule has 0 bridgehead atoms. The van der Waals surface area contributed by atoms with Gasteiger partial charge < -0.3 is 10.2 Å². The Bertz CT molecular complexity index is 729. The van der Waals surface area contributed by atoms with Crippen LogP contribution < -0.4 is 5.32 Å². The maximum absolute atomic E-state index is 12.6. The number of hydrogen-bond acceptors (Lipinski definition) is 3. The van der Waals surface area contributed by atoms with Gasteiger partial charge in [0.25, 0.3) is 0 Å². The van der Waals surface area contributed by atoms with E-state index in [0.29, 0.717) is 17.4 Å². The molecule has 1 aliphatic rings. The largest absolute Gasteiger partial charge is 0.357 e. The van der Waals surface area contributed by atoms with Crippen molar-refractivity contribution in [3.63, 3.8) is 0 Å². The third-order valence-corrected chi connectivity index (χ3v) is 7.08. The van der Waals surface area contributed by atoms with Crippen LogP contribution in [0.2, 0.25) is 0 Å². The number of nitrogens with zero attached hydrogens (tertiary/aromatic N) is 3. The number of sulfonamides is 1. The van der Waals surface area contributed by atoms with Crippen LogP contribution in [0.15, 0.2) is 34.2 Å². The second-order valence-corrected chi connectivity index (χ2v) is 9.62. The van der Waals surface area contributed by atoms with E-state index in [0.717, 1.165) is 31.2 Å². The molecule has 1 saturated heterocycles. The number of benzene rings is 1. The molecule has 1 heterocycles. The summed E-state index contributed by atoms with van der Waals surface area (Å²) < 4.78 is 26.5. The molecule has 1 aliphatic heterocycles. The summed E-state index contributed by atoms with van der Waals surface area (Å²) in [6.07, 6.45) is 2.47. The molecule has 1 fully saturated rings. The summed E-state index contributed by atoms with van der Waals surface area (Å²) in [4.78, 5) is 7.42. The Hall–Kier alpha value is -1.60. The lowest BCUT2D eigenvalue weighted by Crippen LogP contribution is -2.46. The molecule has 0 amide bonds. The van der Waals surface area contributed by atoms with E-state index in [2.05, 4.69) is 24.1 Å². The molecule has 1 aromatic rings. The molecular formula is C20H34N4O2S. The van der Waals surface area contributed by atoms with Gasteiger partial charge in [-0.15, -0.1) is 0 Å². The first-order valence-electron chi connectivity index (χ1n) is 9.86. The minimum Gasteiger partial charge on any atom is -0.357 e. The van der Waals surface area contributed by atoms with Crippen molar-refractivity contribution in [2.24, 2.45) is 10.9 Å². The van der Waals surface area contributed by atoms with Gasteiger partial charge in [0.05, 0.1) is 11.4 Å². The van der Waals surface area contributed by atoms with E-state index in [1.54, 1.807) is 19.2 Å². The van der Waals surface area contributed by atoms with E-state index in [9.17, 15) is 8.42 Å². The molecule has 1 aromatic carbocycles. The number of rotatable bonds is 6. The van der Waals surface area contributed by atoms with E-state index in [-0.39, 0.29) is 6.04 Å². The minimum atomic E-state index is -3.44. The first-order valence-corrected chi connectivity index (χ1v) is 11.3. The van der Waals surface area contributed by atoms with Crippen molar-refractivity contribution >= 4 is 16.0 Å². The van der Waals surface area contributed by atoms with Gasteiger partial charge in [0.15, 0.2) is 5.96 Å². The highest BCUT2D eigenvalue weighted by atomic mass is 32.2. The number of likely N-dealkylation sites (tertiary alicyclic amines) is 1. The standard InChI is InChI=1S/C20H34N4O2S/c1-6-21-20(24-13-7-8-17(4)15-24)22-14-18-9-11-19(12-10-18)27(25,26)23(5)16(2)3/h9-12,16-17H,6-8,13-15H2,1-5H3,(H,21,22). The monoisotopic (exact) mass is 394 g/mol. The fraction of sp³-hybridized carbons (Fsp3) is 0.650. The summed E-state index contributed by atoms with van der Waals surface area (Å²) in [6, 6.07) is 6.98. The Balaban J connectivity index is 2.11. The lowest BCUT2D eigenvalue weighted by atomic mass is 10.0. The normalized spacial score (nSPS) is 19.0. The van der Waals surface area contributed by atoms with Gasteiger partial charge in [-0.2, -0.15) is 4.31 Å². The molecule has 1 atom stereocenters. The molecule has 0 saturated carbocycles. The predicted octanol–water partition coefficient (Wildman–Crippen LogP) is 2.91. The molecule has 7 heteroatoms. The van der Waals surface area contributed by atoms with Crippen molar-refractivity contribution in [1.82, 2.24) is 14.5 Å². The number of nitrogens with one attached hydrogen (secondary N) is 1. The highest BCUT2D eigenvalue weighted by Gasteiger charge is 2.23. The SMILES string of the molecule is CCNC(=NCc1ccc(S(=O)(=O)N(C)C(C)C)cc1)N1CCCC(C)C1. The van der Waals surface area contributed by atoms with Crippen LogP contribution in [0.4, 0.5) is 0 Å². The van der Waals surface area contributed by atoms with E-state index in [1.165, 1.54) is 17.1 Å². The second kappa shape index (κ2) is 9.55. The Morgan fingerprint density at radius 3 is 2.56 bits per heavy atom. The third-order valence-electron chi connectivity index (χ3n) is 5.03. The van der Waals surface area contributed by atoms with Crippen LogP contribution in [-0.4, -0.2) is 56.3 Å². The van der Waals surface area contributed by atoms with E-state index < -0.39 is 10.0 Å². The molecule has 0 aromatic heterocycles.